The van der Waals surface area contributed by atoms with Gasteiger partial charge in [0.2, 0.25) is 5.95 Å². The van der Waals surface area contributed by atoms with Gasteiger partial charge in [0.25, 0.3) is 5.91 Å². The van der Waals surface area contributed by atoms with E-state index in [1.807, 2.05) is 63.2 Å². The Kier molecular flexibility index (Phi) is 5.32. The molecular formula is C24H28N8O. The molecule has 1 unspecified atom stereocenters. The zero-order chi connectivity index (χ0) is 23.0. The first-order chi connectivity index (χ1) is 15.9. The minimum absolute atomic E-state index is 0.0423. The van der Waals surface area contributed by atoms with Crippen molar-refractivity contribution in [1.82, 2.24) is 25.1 Å². The summed E-state index contributed by atoms with van der Waals surface area (Å²) in [5, 5.41) is 10.4. The molecule has 9 heteroatoms. The third kappa shape index (κ3) is 4.06. The van der Waals surface area contributed by atoms with E-state index in [0.717, 1.165) is 17.0 Å². The van der Waals surface area contributed by atoms with Gasteiger partial charge in [-0.3, -0.25) is 19.8 Å². The van der Waals surface area contributed by atoms with Gasteiger partial charge in [-0.2, -0.15) is 10.1 Å². The number of aliphatic imine (C=N–C) groups is 1. The molecule has 1 atom stereocenters. The van der Waals surface area contributed by atoms with Crippen LogP contribution in [0, 0.1) is 13.8 Å². The molecule has 9 nitrogen and oxygen atoms in total. The lowest BCUT2D eigenvalue weighted by Gasteiger charge is -2.37. The maximum Gasteiger partial charge on any atom is 0.256 e. The second kappa shape index (κ2) is 8.31. The molecule has 1 spiro atoms. The minimum Gasteiger partial charge on any atom is -0.341 e. The number of H-pyrrole nitrogens is 1. The van der Waals surface area contributed by atoms with Crippen molar-refractivity contribution in [3.8, 4) is 0 Å². The predicted molar refractivity (Wildman–Crippen MR) is 128 cm³/mol. The summed E-state index contributed by atoms with van der Waals surface area (Å²) >= 11 is 0. The van der Waals surface area contributed by atoms with E-state index in [1.54, 1.807) is 11.2 Å². The smallest absolute Gasteiger partial charge is 0.256 e. The Morgan fingerprint density at radius 3 is 2.52 bits per heavy atom. The topological polar surface area (TPSA) is 102 Å². The van der Waals surface area contributed by atoms with Crippen molar-refractivity contribution in [1.29, 1.82) is 0 Å². The maximum absolute atomic E-state index is 13.4. The molecule has 2 aromatic heterocycles. The number of aryl methyl sites for hydroxylation is 2. The average molecular weight is 445 g/mol. The van der Waals surface area contributed by atoms with E-state index in [2.05, 4.69) is 25.4 Å². The SMILES string of the molecule is Cc1cc(Nc2cc(C)[nH]n2)nc(N2CCC3(CC2)N=CN(C(C)c2ccccc2)C3=O)n1. The third-order valence-electron chi connectivity index (χ3n) is 6.44. The molecule has 2 N–H and O–H groups in total. The van der Waals surface area contributed by atoms with Gasteiger partial charge in [0, 0.05) is 36.6 Å². The van der Waals surface area contributed by atoms with Crippen LogP contribution in [0.4, 0.5) is 17.6 Å². The molecule has 4 heterocycles. The van der Waals surface area contributed by atoms with Gasteiger partial charge >= 0.3 is 0 Å². The Labute approximate surface area is 193 Å². The molecule has 0 radical (unpaired) electrons. The van der Waals surface area contributed by atoms with E-state index in [0.29, 0.717) is 43.5 Å². The number of nitrogens with one attached hydrogen (secondary N) is 2. The Morgan fingerprint density at radius 2 is 1.82 bits per heavy atom. The predicted octanol–water partition coefficient (Wildman–Crippen LogP) is 3.53. The van der Waals surface area contributed by atoms with Crippen LogP contribution < -0.4 is 10.2 Å². The molecule has 1 amide bonds. The Hall–Kier alpha value is -3.75. The number of piperidine rings is 1. The number of aromatic nitrogens is 4. The molecule has 1 saturated heterocycles. The van der Waals surface area contributed by atoms with Crippen LogP contribution in [-0.4, -0.2) is 55.9 Å². The van der Waals surface area contributed by atoms with Crippen LogP contribution in [-0.2, 0) is 4.79 Å². The van der Waals surface area contributed by atoms with Crippen LogP contribution in [0.1, 0.15) is 42.8 Å². The van der Waals surface area contributed by atoms with E-state index in [9.17, 15) is 4.79 Å². The molecular weight excluding hydrogens is 416 g/mol. The van der Waals surface area contributed by atoms with Crippen molar-refractivity contribution in [3.05, 3.63) is 59.4 Å². The number of benzene rings is 1. The summed E-state index contributed by atoms with van der Waals surface area (Å²) in [4.78, 5) is 31.3. The highest BCUT2D eigenvalue weighted by molar-refractivity contribution is 6.00. The van der Waals surface area contributed by atoms with Crippen LogP contribution in [0.15, 0.2) is 47.5 Å². The summed E-state index contributed by atoms with van der Waals surface area (Å²) in [6.07, 6.45) is 3.00. The monoisotopic (exact) mass is 444 g/mol. The molecule has 1 fully saturated rings. The fourth-order valence-electron chi connectivity index (χ4n) is 4.48. The number of carbonyl (C=O) groups is 1. The van der Waals surface area contributed by atoms with E-state index < -0.39 is 5.54 Å². The van der Waals surface area contributed by atoms with Crippen LogP contribution in [0.3, 0.4) is 0 Å². The Bertz CT molecular complexity index is 1180. The lowest BCUT2D eigenvalue weighted by atomic mass is 9.87. The fraction of sp³-hybridized carbons (Fsp3) is 0.375. The van der Waals surface area contributed by atoms with Crippen LogP contribution in [0.2, 0.25) is 0 Å². The summed E-state index contributed by atoms with van der Waals surface area (Å²) in [5.74, 6) is 2.15. The zero-order valence-corrected chi connectivity index (χ0v) is 19.1. The number of hydrogen-bond donors (Lipinski definition) is 2. The Balaban J connectivity index is 1.27. The van der Waals surface area contributed by atoms with E-state index in [-0.39, 0.29) is 11.9 Å². The van der Waals surface area contributed by atoms with Gasteiger partial charge in [0.1, 0.15) is 11.4 Å². The largest absolute Gasteiger partial charge is 0.341 e. The molecule has 170 valence electrons. The summed E-state index contributed by atoms with van der Waals surface area (Å²) in [7, 11) is 0. The lowest BCUT2D eigenvalue weighted by molar-refractivity contribution is -0.133. The zero-order valence-electron chi connectivity index (χ0n) is 19.1. The van der Waals surface area contributed by atoms with Gasteiger partial charge < -0.3 is 10.2 Å². The van der Waals surface area contributed by atoms with Crippen LogP contribution in [0.25, 0.3) is 0 Å². The summed E-state index contributed by atoms with van der Waals surface area (Å²) < 4.78 is 0. The number of carbonyl (C=O) groups excluding carboxylic acids is 1. The number of nitrogens with zero attached hydrogens (tertiary/aromatic N) is 6. The van der Waals surface area contributed by atoms with E-state index in [1.165, 1.54) is 0 Å². The van der Waals surface area contributed by atoms with Crippen molar-refractivity contribution in [3.63, 3.8) is 0 Å². The van der Waals surface area contributed by atoms with E-state index >= 15 is 0 Å². The van der Waals surface area contributed by atoms with Gasteiger partial charge in [-0.15, -0.1) is 0 Å². The molecule has 33 heavy (non-hydrogen) atoms. The van der Waals surface area contributed by atoms with Crippen molar-refractivity contribution in [2.24, 2.45) is 4.99 Å². The van der Waals surface area contributed by atoms with Crippen molar-refractivity contribution >= 4 is 29.8 Å². The molecule has 3 aromatic rings. The summed E-state index contributed by atoms with van der Waals surface area (Å²) in [6, 6.07) is 13.8. The molecule has 0 saturated carbocycles. The summed E-state index contributed by atoms with van der Waals surface area (Å²) in [6.45, 7) is 7.28. The fourth-order valence-corrected chi connectivity index (χ4v) is 4.48. The second-order valence-corrected chi connectivity index (χ2v) is 8.82. The molecule has 5 rings (SSSR count). The Morgan fingerprint density at radius 1 is 1.06 bits per heavy atom. The highest BCUT2D eigenvalue weighted by Crippen LogP contribution is 2.36. The molecule has 0 aliphatic carbocycles. The normalized spacial score (nSPS) is 18.2. The van der Waals surface area contributed by atoms with Crippen LogP contribution in [0.5, 0.6) is 0 Å². The van der Waals surface area contributed by atoms with E-state index in [4.69, 9.17) is 9.98 Å². The first kappa shape index (κ1) is 21.1. The molecule has 2 aliphatic heterocycles. The highest BCUT2D eigenvalue weighted by atomic mass is 16.2. The van der Waals surface area contributed by atoms with Gasteiger partial charge in [-0.1, -0.05) is 30.3 Å². The molecule has 0 bridgehead atoms. The van der Waals surface area contributed by atoms with Crippen molar-refractivity contribution < 1.29 is 4.79 Å². The lowest BCUT2D eigenvalue weighted by Crippen LogP contribution is -2.50. The second-order valence-electron chi connectivity index (χ2n) is 8.82. The number of anilines is 3. The van der Waals surface area contributed by atoms with Crippen molar-refractivity contribution in [2.75, 3.05) is 23.3 Å². The van der Waals surface area contributed by atoms with Gasteiger partial charge in [-0.05, 0) is 39.2 Å². The number of aromatic amines is 1. The first-order valence-electron chi connectivity index (χ1n) is 11.3. The number of rotatable bonds is 5. The van der Waals surface area contributed by atoms with Gasteiger partial charge in [-0.25, -0.2) is 4.98 Å². The third-order valence-corrected chi connectivity index (χ3v) is 6.44. The van der Waals surface area contributed by atoms with Crippen molar-refractivity contribution in [2.45, 2.75) is 45.2 Å². The standard InChI is InChI=1S/C24H28N8O/c1-16-13-20(27-21-14-17(2)29-30-21)28-23(26-16)31-11-9-24(10-12-31)22(33)32(15-25-24)18(3)19-7-5-4-6-8-19/h4-8,13-15,18H,9-12H2,1-3H3,(H2,26,27,28,29,30). The highest BCUT2D eigenvalue weighted by Gasteiger charge is 2.48. The minimum atomic E-state index is -0.684. The number of hydrogen-bond acceptors (Lipinski definition) is 7. The molecule has 2 aliphatic rings. The summed E-state index contributed by atoms with van der Waals surface area (Å²) in [5.41, 5.74) is 2.26. The van der Waals surface area contributed by atoms with Crippen LogP contribution >= 0.6 is 0 Å². The maximum atomic E-state index is 13.4. The molecule has 1 aromatic carbocycles. The van der Waals surface area contributed by atoms with Gasteiger partial charge in [0.15, 0.2) is 5.82 Å². The first-order valence-corrected chi connectivity index (χ1v) is 11.3. The quantitative estimate of drug-likeness (QED) is 0.624. The van der Waals surface area contributed by atoms with Gasteiger partial charge in [0.05, 0.1) is 12.4 Å². The number of amides is 1. The average Bonchev–Trinajstić information content (AvgIpc) is 3.37.